The van der Waals surface area contributed by atoms with Gasteiger partial charge in [0.1, 0.15) is 0 Å². The Kier molecular flexibility index (Phi) is 6.55. The molecule has 0 aromatic heterocycles. The number of amides is 2. The molecule has 0 radical (unpaired) electrons. The zero-order chi connectivity index (χ0) is 17.4. The number of carbonyl (C=O) groups excluding carboxylic acids is 2. The first-order valence-corrected chi connectivity index (χ1v) is 8.42. The van der Waals surface area contributed by atoms with Crippen LogP contribution in [0.3, 0.4) is 0 Å². The molecule has 0 spiro atoms. The average molecular weight is 324 g/mol. The van der Waals surface area contributed by atoms with Gasteiger partial charge >= 0.3 is 0 Å². The SMILES string of the molecule is CCCCc1ccc(NC(=O)c2cccc(NC(=O)CC)c2)cc1. The molecule has 126 valence electrons. The van der Waals surface area contributed by atoms with Crippen LogP contribution in [0.15, 0.2) is 48.5 Å². The van der Waals surface area contributed by atoms with Crippen LogP contribution in [-0.2, 0) is 11.2 Å². The molecule has 4 heteroatoms. The first-order chi connectivity index (χ1) is 11.6. The van der Waals surface area contributed by atoms with Gasteiger partial charge in [0, 0.05) is 23.4 Å². The van der Waals surface area contributed by atoms with Crippen LogP contribution >= 0.6 is 0 Å². The molecule has 24 heavy (non-hydrogen) atoms. The number of unbranched alkanes of at least 4 members (excludes halogenated alkanes) is 1. The van der Waals surface area contributed by atoms with Crippen molar-refractivity contribution in [1.82, 2.24) is 0 Å². The van der Waals surface area contributed by atoms with Gasteiger partial charge in [-0.3, -0.25) is 9.59 Å². The summed E-state index contributed by atoms with van der Waals surface area (Å²) in [7, 11) is 0. The summed E-state index contributed by atoms with van der Waals surface area (Å²) in [4.78, 5) is 23.8. The van der Waals surface area contributed by atoms with Crippen LogP contribution in [0.5, 0.6) is 0 Å². The summed E-state index contributed by atoms with van der Waals surface area (Å²) in [6.45, 7) is 3.96. The number of hydrogen-bond acceptors (Lipinski definition) is 2. The van der Waals surface area contributed by atoms with Gasteiger partial charge in [0.25, 0.3) is 5.91 Å². The van der Waals surface area contributed by atoms with E-state index in [1.807, 2.05) is 24.3 Å². The summed E-state index contributed by atoms with van der Waals surface area (Å²) in [5.41, 5.74) is 3.19. The van der Waals surface area contributed by atoms with Crippen LogP contribution < -0.4 is 10.6 Å². The second-order valence-corrected chi connectivity index (χ2v) is 5.74. The van der Waals surface area contributed by atoms with Crippen molar-refractivity contribution in [2.24, 2.45) is 0 Å². The predicted octanol–water partition coefficient (Wildman–Crippen LogP) is 4.63. The van der Waals surface area contributed by atoms with E-state index in [2.05, 4.69) is 17.6 Å². The maximum Gasteiger partial charge on any atom is 0.255 e. The molecular weight excluding hydrogens is 300 g/mol. The summed E-state index contributed by atoms with van der Waals surface area (Å²) in [5.74, 6) is -0.265. The van der Waals surface area contributed by atoms with Gasteiger partial charge in [0.2, 0.25) is 5.91 Å². The van der Waals surface area contributed by atoms with E-state index in [9.17, 15) is 9.59 Å². The zero-order valence-corrected chi connectivity index (χ0v) is 14.3. The monoisotopic (exact) mass is 324 g/mol. The van der Waals surface area contributed by atoms with Gasteiger partial charge in [-0.1, -0.05) is 38.5 Å². The summed E-state index contributed by atoms with van der Waals surface area (Å²) in [6.07, 6.45) is 3.80. The van der Waals surface area contributed by atoms with Gasteiger partial charge in [-0.05, 0) is 48.7 Å². The lowest BCUT2D eigenvalue weighted by atomic mass is 10.1. The second-order valence-electron chi connectivity index (χ2n) is 5.74. The number of anilines is 2. The zero-order valence-electron chi connectivity index (χ0n) is 14.3. The molecule has 0 atom stereocenters. The Morgan fingerprint density at radius 1 is 0.917 bits per heavy atom. The summed E-state index contributed by atoms with van der Waals surface area (Å²) in [5, 5.41) is 5.64. The molecule has 0 unspecified atom stereocenters. The predicted molar refractivity (Wildman–Crippen MR) is 98.4 cm³/mol. The van der Waals surface area contributed by atoms with Gasteiger partial charge in [-0.15, -0.1) is 0 Å². The fourth-order valence-corrected chi connectivity index (χ4v) is 2.33. The van der Waals surface area contributed by atoms with Gasteiger partial charge in [-0.2, -0.15) is 0 Å². The van der Waals surface area contributed by atoms with Crippen molar-refractivity contribution in [2.75, 3.05) is 10.6 Å². The topological polar surface area (TPSA) is 58.2 Å². The molecule has 2 N–H and O–H groups in total. The van der Waals surface area contributed by atoms with Crippen LogP contribution in [0.1, 0.15) is 49.0 Å². The van der Waals surface area contributed by atoms with E-state index in [0.29, 0.717) is 17.7 Å². The summed E-state index contributed by atoms with van der Waals surface area (Å²) >= 11 is 0. The minimum atomic E-state index is -0.191. The average Bonchev–Trinajstić information content (AvgIpc) is 2.61. The van der Waals surface area contributed by atoms with Crippen molar-refractivity contribution >= 4 is 23.2 Å². The van der Waals surface area contributed by atoms with Crippen LogP contribution in [-0.4, -0.2) is 11.8 Å². The molecule has 0 heterocycles. The standard InChI is InChI=1S/C20H24N2O2/c1-3-5-7-15-10-12-17(13-11-15)22-20(24)16-8-6-9-18(14-16)21-19(23)4-2/h6,8-14H,3-5,7H2,1-2H3,(H,21,23)(H,22,24). The summed E-state index contributed by atoms with van der Waals surface area (Å²) in [6, 6.07) is 14.9. The largest absolute Gasteiger partial charge is 0.326 e. The molecule has 4 nitrogen and oxygen atoms in total. The molecule has 0 aliphatic rings. The minimum absolute atomic E-state index is 0.0739. The van der Waals surface area contributed by atoms with E-state index >= 15 is 0 Å². The molecule has 0 saturated heterocycles. The number of benzene rings is 2. The van der Waals surface area contributed by atoms with Gasteiger partial charge in [-0.25, -0.2) is 0 Å². The Morgan fingerprint density at radius 3 is 2.33 bits per heavy atom. The molecule has 0 aliphatic carbocycles. The van der Waals surface area contributed by atoms with Crippen LogP contribution in [0, 0.1) is 0 Å². The van der Waals surface area contributed by atoms with E-state index in [1.54, 1.807) is 31.2 Å². The number of rotatable bonds is 7. The molecule has 2 aromatic rings. The molecule has 0 bridgehead atoms. The van der Waals surface area contributed by atoms with Crippen molar-refractivity contribution in [3.8, 4) is 0 Å². The quantitative estimate of drug-likeness (QED) is 0.780. The molecular formula is C20H24N2O2. The molecule has 0 aliphatic heterocycles. The molecule has 0 fully saturated rings. The lowest BCUT2D eigenvalue weighted by molar-refractivity contribution is -0.115. The van der Waals surface area contributed by atoms with Crippen LogP contribution in [0.4, 0.5) is 11.4 Å². The highest BCUT2D eigenvalue weighted by Gasteiger charge is 2.08. The fraction of sp³-hybridized carbons (Fsp3) is 0.300. The summed E-state index contributed by atoms with van der Waals surface area (Å²) < 4.78 is 0. The van der Waals surface area contributed by atoms with E-state index in [1.165, 1.54) is 18.4 Å². The highest BCUT2D eigenvalue weighted by Crippen LogP contribution is 2.15. The van der Waals surface area contributed by atoms with Crippen molar-refractivity contribution in [1.29, 1.82) is 0 Å². The lowest BCUT2D eigenvalue weighted by Gasteiger charge is -2.08. The van der Waals surface area contributed by atoms with Crippen molar-refractivity contribution < 1.29 is 9.59 Å². The van der Waals surface area contributed by atoms with Crippen molar-refractivity contribution in [3.05, 3.63) is 59.7 Å². The first kappa shape index (κ1) is 17.7. The third-order valence-electron chi connectivity index (χ3n) is 3.76. The number of carbonyl (C=O) groups is 2. The maximum atomic E-state index is 12.4. The Balaban J connectivity index is 2.01. The third-order valence-corrected chi connectivity index (χ3v) is 3.76. The van der Waals surface area contributed by atoms with E-state index in [-0.39, 0.29) is 11.8 Å². The van der Waals surface area contributed by atoms with Crippen molar-refractivity contribution in [3.63, 3.8) is 0 Å². The van der Waals surface area contributed by atoms with E-state index in [4.69, 9.17) is 0 Å². The molecule has 2 amide bonds. The van der Waals surface area contributed by atoms with E-state index in [0.717, 1.165) is 12.1 Å². The van der Waals surface area contributed by atoms with Gasteiger partial charge in [0.05, 0.1) is 0 Å². The maximum absolute atomic E-state index is 12.4. The highest BCUT2D eigenvalue weighted by molar-refractivity contribution is 6.05. The smallest absolute Gasteiger partial charge is 0.255 e. The molecule has 2 aromatic carbocycles. The fourth-order valence-electron chi connectivity index (χ4n) is 2.33. The van der Waals surface area contributed by atoms with E-state index < -0.39 is 0 Å². The Morgan fingerprint density at radius 2 is 1.67 bits per heavy atom. The Labute approximate surface area is 143 Å². The highest BCUT2D eigenvalue weighted by atomic mass is 16.2. The molecule has 2 rings (SSSR count). The minimum Gasteiger partial charge on any atom is -0.326 e. The Hall–Kier alpha value is -2.62. The van der Waals surface area contributed by atoms with Crippen LogP contribution in [0.2, 0.25) is 0 Å². The number of nitrogens with one attached hydrogen (secondary N) is 2. The van der Waals surface area contributed by atoms with Crippen molar-refractivity contribution in [2.45, 2.75) is 39.5 Å². The first-order valence-electron chi connectivity index (χ1n) is 8.42. The third kappa shape index (κ3) is 5.23. The second kappa shape index (κ2) is 8.87. The number of aryl methyl sites for hydroxylation is 1. The van der Waals surface area contributed by atoms with Gasteiger partial charge < -0.3 is 10.6 Å². The van der Waals surface area contributed by atoms with Crippen LogP contribution in [0.25, 0.3) is 0 Å². The van der Waals surface area contributed by atoms with Gasteiger partial charge in [0.15, 0.2) is 0 Å². The number of hydrogen-bond donors (Lipinski definition) is 2. The normalized spacial score (nSPS) is 10.2. The molecule has 0 saturated carbocycles. The Bertz CT molecular complexity index is 693. The lowest BCUT2D eigenvalue weighted by Crippen LogP contribution is -2.13.